The Hall–Kier alpha value is -2.81. The monoisotopic (exact) mass is 372 g/mol. The largest absolute Gasteiger partial charge is 0.366 e. The summed E-state index contributed by atoms with van der Waals surface area (Å²) in [6.45, 7) is 4.27. The molecule has 1 heterocycles. The summed E-state index contributed by atoms with van der Waals surface area (Å²) in [6, 6.07) is 19.2. The fourth-order valence-corrected chi connectivity index (χ4v) is 4.80. The van der Waals surface area contributed by atoms with Crippen molar-refractivity contribution in [2.45, 2.75) is 52.0 Å². The SMILES string of the molecule is CCCCc1c(-c2ccccc2)c(C(N)=O)c(C)n1C1CCc2ccccc21. The second-order valence-corrected chi connectivity index (χ2v) is 7.74. The van der Waals surface area contributed by atoms with E-state index < -0.39 is 0 Å². The standard InChI is InChI=1S/C25H28N2O/c1-3-4-14-22-24(19-11-6-5-7-12-19)23(25(26)28)17(2)27(22)21-16-15-18-10-8-9-13-20(18)21/h5-13,21H,3-4,14-16H2,1-2H3,(H2,26,28). The minimum Gasteiger partial charge on any atom is -0.366 e. The maximum Gasteiger partial charge on any atom is 0.251 e. The Kier molecular flexibility index (Phi) is 5.08. The smallest absolute Gasteiger partial charge is 0.251 e. The third-order valence-electron chi connectivity index (χ3n) is 6.04. The van der Waals surface area contributed by atoms with E-state index in [9.17, 15) is 4.79 Å². The molecule has 1 aliphatic carbocycles. The van der Waals surface area contributed by atoms with Crippen molar-refractivity contribution in [2.75, 3.05) is 0 Å². The highest BCUT2D eigenvalue weighted by molar-refractivity contribution is 6.02. The molecule has 1 aliphatic rings. The molecule has 1 amide bonds. The normalized spacial score (nSPS) is 15.6. The molecule has 0 spiro atoms. The van der Waals surface area contributed by atoms with Crippen molar-refractivity contribution >= 4 is 5.91 Å². The van der Waals surface area contributed by atoms with Gasteiger partial charge in [-0.05, 0) is 49.3 Å². The molecule has 0 aliphatic heterocycles. The molecule has 3 aromatic rings. The maximum atomic E-state index is 12.5. The number of hydrogen-bond acceptors (Lipinski definition) is 1. The summed E-state index contributed by atoms with van der Waals surface area (Å²) in [5.74, 6) is -0.334. The van der Waals surface area contributed by atoms with Crippen LogP contribution in [0, 0.1) is 6.92 Å². The molecule has 2 aromatic carbocycles. The second kappa shape index (κ2) is 7.67. The van der Waals surface area contributed by atoms with Crippen LogP contribution in [0.1, 0.15) is 65.1 Å². The van der Waals surface area contributed by atoms with Crippen LogP contribution in [0.4, 0.5) is 0 Å². The molecule has 3 nitrogen and oxygen atoms in total. The molecule has 0 radical (unpaired) electrons. The Labute approximate surface area is 167 Å². The number of unbranched alkanes of at least 4 members (excludes halogenated alkanes) is 1. The van der Waals surface area contributed by atoms with Crippen molar-refractivity contribution in [2.24, 2.45) is 5.73 Å². The van der Waals surface area contributed by atoms with E-state index >= 15 is 0 Å². The summed E-state index contributed by atoms with van der Waals surface area (Å²) in [4.78, 5) is 12.5. The molecule has 28 heavy (non-hydrogen) atoms. The van der Waals surface area contributed by atoms with Gasteiger partial charge in [0.05, 0.1) is 11.6 Å². The first-order chi connectivity index (χ1) is 13.6. The average Bonchev–Trinajstić information content (AvgIpc) is 3.25. The third-order valence-corrected chi connectivity index (χ3v) is 6.04. The van der Waals surface area contributed by atoms with Crippen molar-refractivity contribution in [3.8, 4) is 11.1 Å². The Morgan fingerprint density at radius 2 is 1.82 bits per heavy atom. The maximum absolute atomic E-state index is 12.5. The fourth-order valence-electron chi connectivity index (χ4n) is 4.80. The van der Waals surface area contributed by atoms with Crippen LogP contribution in [0.2, 0.25) is 0 Å². The van der Waals surface area contributed by atoms with E-state index in [0.717, 1.165) is 48.9 Å². The van der Waals surface area contributed by atoms with E-state index in [2.05, 4.69) is 54.8 Å². The van der Waals surface area contributed by atoms with Crippen molar-refractivity contribution in [1.82, 2.24) is 4.57 Å². The predicted molar refractivity (Wildman–Crippen MR) is 115 cm³/mol. The number of carbonyl (C=O) groups excluding carboxylic acids is 1. The highest BCUT2D eigenvalue weighted by Crippen LogP contribution is 2.41. The summed E-state index contributed by atoms with van der Waals surface area (Å²) in [6.07, 6.45) is 5.31. The highest BCUT2D eigenvalue weighted by Gasteiger charge is 2.31. The number of nitrogens with two attached hydrogens (primary N) is 1. The zero-order chi connectivity index (χ0) is 19.7. The van der Waals surface area contributed by atoms with Crippen LogP contribution in [0.3, 0.4) is 0 Å². The van der Waals surface area contributed by atoms with Crippen LogP contribution in [-0.4, -0.2) is 10.5 Å². The highest BCUT2D eigenvalue weighted by atomic mass is 16.1. The number of aryl methyl sites for hydroxylation is 1. The van der Waals surface area contributed by atoms with Gasteiger partial charge in [0, 0.05) is 17.0 Å². The number of carbonyl (C=O) groups is 1. The van der Waals surface area contributed by atoms with Gasteiger partial charge < -0.3 is 10.3 Å². The van der Waals surface area contributed by atoms with Crippen molar-refractivity contribution in [3.05, 3.63) is 82.7 Å². The van der Waals surface area contributed by atoms with Crippen LogP contribution in [-0.2, 0) is 12.8 Å². The number of fused-ring (bicyclic) bond motifs is 1. The topological polar surface area (TPSA) is 48.0 Å². The Morgan fingerprint density at radius 3 is 2.54 bits per heavy atom. The zero-order valence-corrected chi connectivity index (χ0v) is 16.7. The summed E-state index contributed by atoms with van der Waals surface area (Å²) in [5.41, 5.74) is 13.8. The van der Waals surface area contributed by atoms with E-state index in [1.54, 1.807) is 0 Å². The van der Waals surface area contributed by atoms with Gasteiger partial charge in [0.2, 0.25) is 0 Å². The summed E-state index contributed by atoms with van der Waals surface area (Å²) in [5, 5.41) is 0. The van der Waals surface area contributed by atoms with Gasteiger partial charge in [-0.1, -0.05) is 67.9 Å². The lowest BCUT2D eigenvalue weighted by Gasteiger charge is -2.21. The Bertz CT molecular complexity index is 1000. The number of aromatic nitrogens is 1. The molecular formula is C25H28N2O. The number of benzene rings is 2. The van der Waals surface area contributed by atoms with E-state index in [0.29, 0.717) is 5.56 Å². The first kappa shape index (κ1) is 18.5. The molecule has 0 saturated carbocycles. The van der Waals surface area contributed by atoms with Gasteiger partial charge in [-0.25, -0.2) is 0 Å². The van der Waals surface area contributed by atoms with Crippen molar-refractivity contribution < 1.29 is 4.79 Å². The summed E-state index contributed by atoms with van der Waals surface area (Å²) >= 11 is 0. The zero-order valence-electron chi connectivity index (χ0n) is 16.7. The lowest BCUT2D eigenvalue weighted by molar-refractivity contribution is 0.1000. The molecule has 1 aromatic heterocycles. The Morgan fingerprint density at radius 1 is 1.11 bits per heavy atom. The third kappa shape index (κ3) is 3.05. The minimum atomic E-state index is -0.334. The molecule has 1 atom stereocenters. The van der Waals surface area contributed by atoms with Crippen LogP contribution in [0.25, 0.3) is 11.1 Å². The van der Waals surface area contributed by atoms with Gasteiger partial charge in [-0.15, -0.1) is 0 Å². The number of amides is 1. The molecule has 3 heteroatoms. The number of nitrogens with zero attached hydrogens (tertiary/aromatic N) is 1. The number of primary amides is 1. The Balaban J connectivity index is 1.97. The second-order valence-electron chi connectivity index (χ2n) is 7.74. The number of hydrogen-bond donors (Lipinski definition) is 1. The first-order valence-electron chi connectivity index (χ1n) is 10.3. The van der Waals surface area contributed by atoms with Gasteiger partial charge in [0.15, 0.2) is 0 Å². The van der Waals surface area contributed by atoms with Gasteiger partial charge in [-0.2, -0.15) is 0 Å². The van der Waals surface area contributed by atoms with E-state index in [1.165, 1.54) is 16.8 Å². The summed E-state index contributed by atoms with van der Waals surface area (Å²) < 4.78 is 2.42. The van der Waals surface area contributed by atoms with Crippen LogP contribution >= 0.6 is 0 Å². The van der Waals surface area contributed by atoms with E-state index in [4.69, 9.17) is 5.73 Å². The predicted octanol–water partition coefficient (Wildman–Crippen LogP) is 5.44. The number of rotatable bonds is 6. The molecule has 144 valence electrons. The van der Waals surface area contributed by atoms with Crippen LogP contribution in [0.5, 0.6) is 0 Å². The molecule has 4 rings (SSSR count). The van der Waals surface area contributed by atoms with Crippen LogP contribution in [0.15, 0.2) is 54.6 Å². The van der Waals surface area contributed by atoms with Gasteiger partial charge in [0.25, 0.3) is 5.91 Å². The lowest BCUT2D eigenvalue weighted by atomic mass is 9.97. The fraction of sp³-hybridized carbons (Fsp3) is 0.320. The first-order valence-corrected chi connectivity index (χ1v) is 10.3. The van der Waals surface area contributed by atoms with Crippen molar-refractivity contribution in [1.29, 1.82) is 0 Å². The van der Waals surface area contributed by atoms with Crippen molar-refractivity contribution in [3.63, 3.8) is 0 Å². The molecule has 0 saturated heterocycles. The lowest BCUT2D eigenvalue weighted by Crippen LogP contribution is -2.15. The summed E-state index contributed by atoms with van der Waals surface area (Å²) in [7, 11) is 0. The molecule has 0 fully saturated rings. The molecule has 0 bridgehead atoms. The average molecular weight is 373 g/mol. The van der Waals surface area contributed by atoms with Gasteiger partial charge >= 0.3 is 0 Å². The molecule has 1 unspecified atom stereocenters. The van der Waals surface area contributed by atoms with Crippen LogP contribution < -0.4 is 5.73 Å². The molecule has 2 N–H and O–H groups in total. The van der Waals surface area contributed by atoms with Gasteiger partial charge in [-0.3, -0.25) is 4.79 Å². The molecular weight excluding hydrogens is 344 g/mol. The quantitative estimate of drug-likeness (QED) is 0.615. The van der Waals surface area contributed by atoms with Gasteiger partial charge in [0.1, 0.15) is 0 Å². The van der Waals surface area contributed by atoms with E-state index in [-0.39, 0.29) is 11.9 Å². The van der Waals surface area contributed by atoms with E-state index in [1.807, 2.05) is 18.2 Å². The minimum absolute atomic E-state index is 0.276.